The molecule has 0 spiro atoms. The molecule has 0 aromatic heterocycles. The van der Waals surface area contributed by atoms with Crippen molar-refractivity contribution in [1.29, 1.82) is 0 Å². The van der Waals surface area contributed by atoms with Crippen LogP contribution in [-0.4, -0.2) is 11.9 Å². The first-order chi connectivity index (χ1) is 12.7. The summed E-state index contributed by atoms with van der Waals surface area (Å²) in [6.07, 6.45) is 2.21. The summed E-state index contributed by atoms with van der Waals surface area (Å²) >= 11 is 0. The molecule has 0 atom stereocenters. The molecule has 140 valence electrons. The van der Waals surface area contributed by atoms with E-state index in [0.717, 1.165) is 0 Å². The third-order valence-corrected chi connectivity index (χ3v) is 4.09. The molecule has 2 aromatic carbocycles. The Kier molecular flexibility index (Phi) is 6.44. The minimum absolute atomic E-state index is 0.126. The second-order valence-electron chi connectivity index (χ2n) is 6.51. The van der Waals surface area contributed by atoms with Crippen molar-refractivity contribution in [2.75, 3.05) is 0 Å². The van der Waals surface area contributed by atoms with Crippen molar-refractivity contribution in [2.45, 2.75) is 20.8 Å². The molecule has 0 bridgehead atoms. The van der Waals surface area contributed by atoms with Crippen LogP contribution in [0.15, 0.2) is 60.7 Å². The van der Waals surface area contributed by atoms with E-state index in [2.05, 4.69) is 12.0 Å². The summed E-state index contributed by atoms with van der Waals surface area (Å²) < 4.78 is 27.5. The summed E-state index contributed by atoms with van der Waals surface area (Å²) in [7, 11) is -4.62. The Balaban J connectivity index is 2.24. The first-order valence-electron chi connectivity index (χ1n) is 8.07. The first-order valence-corrected chi connectivity index (χ1v) is 9.53. The molecular weight excluding hydrogens is 367 g/mol. The zero-order valence-corrected chi connectivity index (χ0v) is 16.1. The van der Waals surface area contributed by atoms with Crippen molar-refractivity contribution in [1.82, 2.24) is 0 Å². The molecule has 27 heavy (non-hydrogen) atoms. The average molecular weight is 386 g/mol. The van der Waals surface area contributed by atoms with Gasteiger partial charge in [0.25, 0.3) is 0 Å². The van der Waals surface area contributed by atoms with E-state index in [4.69, 9.17) is 13.6 Å². The first kappa shape index (κ1) is 20.3. The monoisotopic (exact) mass is 386 g/mol. The van der Waals surface area contributed by atoms with Crippen LogP contribution >= 0.6 is 7.82 Å². The highest BCUT2D eigenvalue weighted by molar-refractivity contribution is 7.49. The van der Waals surface area contributed by atoms with Gasteiger partial charge in [-0.2, -0.15) is 4.57 Å². The van der Waals surface area contributed by atoms with E-state index in [0.29, 0.717) is 0 Å². The van der Waals surface area contributed by atoms with E-state index in [9.17, 15) is 14.2 Å². The Morgan fingerprint density at radius 3 is 1.59 bits per heavy atom. The standard InChI is InChI=1S/C20H19O6P/c1-20(2,3)14-15-24-27(23,25-18(21)16-10-6-4-7-11-16)26-19(22)17-12-8-5-9-13-17/h4-13H,1-3H3. The van der Waals surface area contributed by atoms with Gasteiger partial charge in [-0.25, -0.2) is 9.59 Å². The van der Waals surface area contributed by atoms with E-state index in [1.165, 1.54) is 24.3 Å². The molecule has 0 aliphatic heterocycles. The fourth-order valence-corrected chi connectivity index (χ4v) is 2.63. The highest BCUT2D eigenvalue weighted by Gasteiger charge is 2.37. The molecule has 6 nitrogen and oxygen atoms in total. The van der Waals surface area contributed by atoms with Crippen molar-refractivity contribution in [3.63, 3.8) is 0 Å². The Labute approximate surface area is 158 Å². The number of hydrogen-bond acceptors (Lipinski definition) is 6. The highest BCUT2D eigenvalue weighted by Crippen LogP contribution is 2.50. The summed E-state index contributed by atoms with van der Waals surface area (Å²) in [5, 5.41) is 0. The Hall–Kier alpha value is -3.03. The minimum Gasteiger partial charge on any atom is -0.347 e. The summed E-state index contributed by atoms with van der Waals surface area (Å²) in [5.41, 5.74) is -0.209. The number of benzene rings is 2. The maximum Gasteiger partial charge on any atom is 0.660 e. The van der Waals surface area contributed by atoms with Crippen molar-refractivity contribution >= 4 is 19.8 Å². The summed E-state index contributed by atoms with van der Waals surface area (Å²) in [6.45, 7) is 5.42. The van der Waals surface area contributed by atoms with Gasteiger partial charge in [-0.1, -0.05) is 42.3 Å². The number of phosphoric acid groups is 1. The third-order valence-electron chi connectivity index (χ3n) is 2.99. The molecule has 0 amide bonds. The van der Waals surface area contributed by atoms with Crippen molar-refractivity contribution in [2.24, 2.45) is 5.41 Å². The van der Waals surface area contributed by atoms with Crippen LogP contribution in [0.3, 0.4) is 0 Å². The van der Waals surface area contributed by atoms with Gasteiger partial charge in [0.15, 0.2) is 0 Å². The third kappa shape index (κ3) is 6.65. The lowest BCUT2D eigenvalue weighted by atomic mass is 9.99. The highest BCUT2D eigenvalue weighted by atomic mass is 31.2. The van der Waals surface area contributed by atoms with Crippen LogP contribution in [0.5, 0.6) is 0 Å². The topological polar surface area (TPSA) is 78.9 Å². The summed E-state index contributed by atoms with van der Waals surface area (Å²) in [5.74, 6) is 0.755. The van der Waals surface area contributed by atoms with Gasteiger partial charge in [0, 0.05) is 5.41 Å². The zero-order chi connectivity index (χ0) is 19.9. The fraction of sp³-hybridized carbons (Fsp3) is 0.200. The molecule has 2 aromatic rings. The number of carbonyl (C=O) groups is 2. The van der Waals surface area contributed by atoms with Crippen LogP contribution < -0.4 is 0 Å². The molecule has 2 rings (SSSR count). The van der Waals surface area contributed by atoms with Gasteiger partial charge in [-0.3, -0.25) is 0 Å². The SMILES string of the molecule is CC(C)(C)C#COP(=O)(OC(=O)c1ccccc1)OC(=O)c1ccccc1. The van der Waals surface area contributed by atoms with Gasteiger partial charge >= 0.3 is 19.8 Å². The van der Waals surface area contributed by atoms with Crippen molar-refractivity contribution < 1.29 is 27.7 Å². The van der Waals surface area contributed by atoms with E-state index >= 15 is 0 Å². The van der Waals surface area contributed by atoms with Gasteiger partial charge in [0.05, 0.1) is 11.1 Å². The molecule has 0 N–H and O–H groups in total. The van der Waals surface area contributed by atoms with Crippen LogP contribution in [0.25, 0.3) is 0 Å². The van der Waals surface area contributed by atoms with E-state index in [1.54, 1.807) is 57.2 Å². The molecule has 0 fully saturated rings. The largest absolute Gasteiger partial charge is 0.660 e. The number of rotatable bonds is 5. The fourth-order valence-electron chi connectivity index (χ4n) is 1.74. The average Bonchev–Trinajstić information content (AvgIpc) is 2.62. The van der Waals surface area contributed by atoms with E-state index in [1.807, 2.05) is 0 Å². The van der Waals surface area contributed by atoms with Crippen LogP contribution in [0.1, 0.15) is 41.5 Å². The van der Waals surface area contributed by atoms with Crippen LogP contribution in [0, 0.1) is 17.4 Å². The lowest BCUT2D eigenvalue weighted by Gasteiger charge is -2.14. The maximum absolute atomic E-state index is 12.9. The smallest absolute Gasteiger partial charge is 0.347 e. The number of phosphoric ester groups is 1. The predicted molar refractivity (Wildman–Crippen MR) is 99.6 cm³/mol. The number of hydrogen-bond donors (Lipinski definition) is 0. The molecule has 0 aliphatic rings. The summed E-state index contributed by atoms with van der Waals surface area (Å²) in [6, 6.07) is 15.7. The summed E-state index contributed by atoms with van der Waals surface area (Å²) in [4.78, 5) is 24.4. The Morgan fingerprint density at radius 1 is 0.815 bits per heavy atom. The normalized spacial score (nSPS) is 10.9. The number of carbonyl (C=O) groups excluding carboxylic acids is 2. The maximum atomic E-state index is 12.9. The lowest BCUT2D eigenvalue weighted by Crippen LogP contribution is -2.11. The molecule has 0 radical (unpaired) electrons. The van der Waals surface area contributed by atoms with Gasteiger partial charge in [-0.15, -0.1) is 0 Å². The van der Waals surface area contributed by atoms with Gasteiger partial charge < -0.3 is 13.6 Å². The minimum atomic E-state index is -4.62. The van der Waals surface area contributed by atoms with Crippen LogP contribution in [-0.2, 0) is 18.1 Å². The second-order valence-corrected chi connectivity index (χ2v) is 7.95. The van der Waals surface area contributed by atoms with E-state index < -0.39 is 25.2 Å². The molecule has 0 saturated heterocycles. The molecular formula is C20H19O6P. The molecule has 7 heteroatoms. The predicted octanol–water partition coefficient (Wildman–Crippen LogP) is 4.83. The molecule has 0 heterocycles. The van der Waals surface area contributed by atoms with E-state index in [-0.39, 0.29) is 11.1 Å². The van der Waals surface area contributed by atoms with Crippen molar-refractivity contribution in [3.8, 4) is 12.0 Å². The molecule has 0 saturated carbocycles. The second kappa shape index (κ2) is 8.57. The quantitative estimate of drug-likeness (QED) is 0.541. The van der Waals surface area contributed by atoms with Crippen LogP contribution in [0.4, 0.5) is 0 Å². The van der Waals surface area contributed by atoms with Crippen molar-refractivity contribution in [3.05, 3.63) is 71.8 Å². The zero-order valence-electron chi connectivity index (χ0n) is 15.2. The van der Waals surface area contributed by atoms with Gasteiger partial charge in [0.1, 0.15) is 6.11 Å². The van der Waals surface area contributed by atoms with Gasteiger partial charge in [-0.05, 0) is 45.0 Å². The lowest BCUT2D eigenvalue weighted by molar-refractivity contribution is 0.0563. The molecule has 0 unspecified atom stereocenters. The van der Waals surface area contributed by atoms with Gasteiger partial charge in [0.2, 0.25) is 0 Å². The Morgan fingerprint density at radius 2 is 1.22 bits per heavy atom. The van der Waals surface area contributed by atoms with Crippen LogP contribution in [0.2, 0.25) is 0 Å². The molecule has 0 aliphatic carbocycles. The Bertz CT molecular complexity index is 847.